The van der Waals surface area contributed by atoms with Crippen molar-refractivity contribution in [1.82, 2.24) is 0 Å². The third kappa shape index (κ3) is 25.5. The van der Waals surface area contributed by atoms with Gasteiger partial charge in [0.25, 0.3) is 0 Å². The van der Waals surface area contributed by atoms with Gasteiger partial charge in [-0.05, 0) is 76.0 Å². The van der Waals surface area contributed by atoms with E-state index in [1.54, 1.807) is 0 Å². The summed E-state index contributed by atoms with van der Waals surface area (Å²) in [5.74, 6) is -0.341. The molecule has 304 valence electrons. The number of allylic oxidation sites excluding steroid dienone is 6. The number of aliphatic hydroxyl groups excluding tert-OH is 3. The van der Waals surface area contributed by atoms with Crippen LogP contribution in [0.3, 0.4) is 0 Å². The third-order valence-corrected chi connectivity index (χ3v) is 10.9. The van der Waals surface area contributed by atoms with E-state index in [-0.39, 0.29) is 24.6 Å². The van der Waals surface area contributed by atoms with Crippen molar-refractivity contribution in [3.8, 4) is 0 Å². The van der Waals surface area contributed by atoms with Crippen LogP contribution in [0.15, 0.2) is 36.5 Å². The SMILES string of the molecule is CCCCCCCC/C=C/CC(C/C=C/CCCCCCCC)(C/C=C/CCCCCCCC)CCCCCC(=O)OCC(O)C1OCC(O)C1O. The van der Waals surface area contributed by atoms with E-state index in [0.717, 1.165) is 44.9 Å². The first-order valence-corrected chi connectivity index (χ1v) is 22.2. The van der Waals surface area contributed by atoms with Gasteiger partial charge in [-0.1, -0.05) is 166 Å². The van der Waals surface area contributed by atoms with E-state index < -0.39 is 24.4 Å². The number of unbranched alkanes of at least 4 members (excludes halogenated alkanes) is 20. The second kappa shape index (κ2) is 34.1. The van der Waals surface area contributed by atoms with Gasteiger partial charge in [0.15, 0.2) is 0 Å². The van der Waals surface area contributed by atoms with Crippen molar-refractivity contribution in [2.24, 2.45) is 5.41 Å². The monoisotopic (exact) mass is 733 g/mol. The zero-order valence-electron chi connectivity index (χ0n) is 34.3. The van der Waals surface area contributed by atoms with Crippen LogP contribution in [0.25, 0.3) is 0 Å². The number of carbonyl (C=O) groups is 1. The minimum atomic E-state index is -1.17. The highest BCUT2D eigenvalue weighted by Gasteiger charge is 2.39. The Bertz CT molecular complexity index is 828. The van der Waals surface area contributed by atoms with Crippen LogP contribution in [-0.2, 0) is 14.3 Å². The Labute approximate surface area is 321 Å². The molecule has 0 aromatic heterocycles. The molecule has 0 aromatic rings. The molecule has 0 bridgehead atoms. The average molecular weight is 733 g/mol. The molecule has 1 saturated heterocycles. The quantitative estimate of drug-likeness (QED) is 0.0337. The maximum absolute atomic E-state index is 12.5. The van der Waals surface area contributed by atoms with Gasteiger partial charge in [-0.25, -0.2) is 0 Å². The molecule has 6 heteroatoms. The van der Waals surface area contributed by atoms with Crippen molar-refractivity contribution < 1.29 is 29.6 Å². The molecule has 0 amide bonds. The molecule has 1 fully saturated rings. The third-order valence-electron chi connectivity index (χ3n) is 10.9. The van der Waals surface area contributed by atoms with Crippen molar-refractivity contribution in [3.05, 3.63) is 36.5 Å². The molecule has 1 heterocycles. The lowest BCUT2D eigenvalue weighted by Gasteiger charge is -2.31. The minimum Gasteiger partial charge on any atom is -0.463 e. The molecule has 4 atom stereocenters. The molecule has 0 spiro atoms. The van der Waals surface area contributed by atoms with Crippen molar-refractivity contribution in [1.29, 1.82) is 0 Å². The molecule has 52 heavy (non-hydrogen) atoms. The maximum Gasteiger partial charge on any atom is 0.305 e. The van der Waals surface area contributed by atoms with Crippen LogP contribution in [0.2, 0.25) is 0 Å². The topological polar surface area (TPSA) is 96.2 Å². The summed E-state index contributed by atoms with van der Waals surface area (Å²) >= 11 is 0. The van der Waals surface area contributed by atoms with E-state index in [9.17, 15) is 20.1 Å². The second-order valence-electron chi connectivity index (χ2n) is 15.9. The average Bonchev–Trinajstić information content (AvgIpc) is 3.48. The number of esters is 1. The van der Waals surface area contributed by atoms with Crippen molar-refractivity contribution in [3.63, 3.8) is 0 Å². The van der Waals surface area contributed by atoms with Gasteiger partial charge in [0.2, 0.25) is 0 Å². The van der Waals surface area contributed by atoms with Crippen LogP contribution >= 0.6 is 0 Å². The van der Waals surface area contributed by atoms with Crippen molar-refractivity contribution >= 4 is 5.97 Å². The van der Waals surface area contributed by atoms with Gasteiger partial charge in [-0.2, -0.15) is 0 Å². The Morgan fingerprint density at radius 2 is 1.06 bits per heavy atom. The van der Waals surface area contributed by atoms with Crippen molar-refractivity contribution in [2.45, 2.75) is 231 Å². The fourth-order valence-corrected chi connectivity index (χ4v) is 7.29. The van der Waals surface area contributed by atoms with Crippen LogP contribution in [0.4, 0.5) is 0 Å². The highest BCUT2D eigenvalue weighted by molar-refractivity contribution is 5.69. The zero-order chi connectivity index (χ0) is 38.0. The molecule has 0 aromatic carbocycles. The van der Waals surface area contributed by atoms with E-state index in [1.165, 1.54) is 135 Å². The van der Waals surface area contributed by atoms with E-state index >= 15 is 0 Å². The minimum absolute atomic E-state index is 0.0307. The van der Waals surface area contributed by atoms with Crippen LogP contribution < -0.4 is 0 Å². The summed E-state index contributed by atoms with van der Waals surface area (Å²) in [7, 11) is 0. The Hall–Kier alpha value is -1.47. The molecule has 1 rings (SSSR count). The lowest BCUT2D eigenvalue weighted by atomic mass is 9.73. The lowest BCUT2D eigenvalue weighted by Crippen LogP contribution is -2.41. The summed E-state index contributed by atoms with van der Waals surface area (Å²) in [6.07, 6.45) is 45.4. The maximum atomic E-state index is 12.5. The fourth-order valence-electron chi connectivity index (χ4n) is 7.29. The molecule has 4 unspecified atom stereocenters. The summed E-state index contributed by atoms with van der Waals surface area (Å²) in [5, 5.41) is 29.9. The molecule has 3 N–H and O–H groups in total. The first-order chi connectivity index (χ1) is 25.4. The lowest BCUT2D eigenvalue weighted by molar-refractivity contribution is -0.151. The number of hydrogen-bond acceptors (Lipinski definition) is 6. The van der Waals surface area contributed by atoms with E-state index in [4.69, 9.17) is 9.47 Å². The largest absolute Gasteiger partial charge is 0.463 e. The summed E-state index contributed by atoms with van der Waals surface area (Å²) in [5.41, 5.74) is 0.185. The summed E-state index contributed by atoms with van der Waals surface area (Å²) < 4.78 is 10.6. The smallest absolute Gasteiger partial charge is 0.305 e. The number of ether oxygens (including phenoxy) is 2. The van der Waals surface area contributed by atoms with Gasteiger partial charge in [-0.3, -0.25) is 4.79 Å². The van der Waals surface area contributed by atoms with Gasteiger partial charge in [0.1, 0.15) is 31.0 Å². The van der Waals surface area contributed by atoms with Gasteiger partial charge in [-0.15, -0.1) is 0 Å². The summed E-state index contributed by atoms with van der Waals surface area (Å²) in [6, 6.07) is 0. The molecule has 0 aliphatic carbocycles. The number of carbonyl (C=O) groups excluding carboxylic acids is 1. The molecule has 1 aliphatic heterocycles. The normalized spacial score (nSPS) is 18.8. The summed E-state index contributed by atoms with van der Waals surface area (Å²) in [6.45, 7) is 6.56. The van der Waals surface area contributed by atoms with Crippen LogP contribution in [-0.4, -0.2) is 58.9 Å². The Morgan fingerprint density at radius 1 is 0.635 bits per heavy atom. The first-order valence-electron chi connectivity index (χ1n) is 22.2. The molecule has 0 saturated carbocycles. The highest BCUT2D eigenvalue weighted by atomic mass is 16.6. The second-order valence-corrected chi connectivity index (χ2v) is 15.9. The van der Waals surface area contributed by atoms with Crippen LogP contribution in [0.1, 0.15) is 207 Å². The van der Waals surface area contributed by atoms with Crippen molar-refractivity contribution in [2.75, 3.05) is 13.2 Å². The molecular weight excluding hydrogens is 649 g/mol. The van der Waals surface area contributed by atoms with Gasteiger partial charge in [0, 0.05) is 6.42 Å². The first kappa shape index (κ1) is 48.5. The Morgan fingerprint density at radius 3 is 1.48 bits per heavy atom. The number of rotatable bonds is 36. The van der Waals surface area contributed by atoms with Crippen LogP contribution in [0, 0.1) is 5.41 Å². The molecular formula is C46H84O6. The van der Waals surface area contributed by atoms with Gasteiger partial charge >= 0.3 is 5.97 Å². The van der Waals surface area contributed by atoms with Gasteiger partial charge < -0.3 is 24.8 Å². The zero-order valence-corrected chi connectivity index (χ0v) is 34.3. The highest BCUT2D eigenvalue weighted by Crippen LogP contribution is 2.39. The van der Waals surface area contributed by atoms with Gasteiger partial charge in [0.05, 0.1) is 6.61 Å². The van der Waals surface area contributed by atoms with E-state index in [2.05, 4.69) is 57.2 Å². The number of hydrogen-bond donors (Lipinski definition) is 3. The Balaban J connectivity index is 2.76. The molecule has 0 radical (unpaired) electrons. The summed E-state index contributed by atoms with van der Waals surface area (Å²) in [4.78, 5) is 12.5. The van der Waals surface area contributed by atoms with E-state index in [0.29, 0.717) is 6.42 Å². The predicted molar refractivity (Wildman–Crippen MR) is 219 cm³/mol. The molecule has 1 aliphatic rings. The molecule has 6 nitrogen and oxygen atoms in total. The van der Waals surface area contributed by atoms with Crippen LogP contribution in [0.5, 0.6) is 0 Å². The number of aliphatic hydroxyl groups is 3. The standard InChI is InChI=1S/C46H84O6/c1-4-7-10-13-16-19-22-25-30-35-46(36-31-26-23-20-17-14-11-8-5-2,37-32-27-24-21-18-15-12-9-6-3)38-33-28-29-34-43(49)51-40-42(48)45-44(50)41(47)39-52-45/h25-27,30-32,41-42,44-45,47-48,50H,4-24,28-29,33-40H2,1-3H3/b30-25+,31-26+,32-27+. The predicted octanol–water partition coefficient (Wildman–Crippen LogP) is 12.0. The van der Waals surface area contributed by atoms with E-state index in [1.807, 2.05) is 0 Å². The Kier molecular flexibility index (Phi) is 31.8. The fraction of sp³-hybridized carbons (Fsp3) is 0.848.